The molecule has 7 heteroatoms. The summed E-state index contributed by atoms with van der Waals surface area (Å²) in [6, 6.07) is 4.23. The fraction of sp³-hybridized carbons (Fsp3) is 0.333. The van der Waals surface area contributed by atoms with Crippen LogP contribution in [-0.4, -0.2) is 21.6 Å². The highest BCUT2D eigenvalue weighted by molar-refractivity contribution is 6.08. The molecule has 1 saturated carbocycles. The monoisotopic (exact) mass is 261 g/mol. The predicted molar refractivity (Wildman–Crippen MR) is 64.7 cm³/mol. The van der Waals surface area contributed by atoms with Gasteiger partial charge in [-0.15, -0.1) is 0 Å². The lowest BCUT2D eigenvalue weighted by molar-refractivity contribution is -0.383. The third-order valence-electron chi connectivity index (χ3n) is 3.59. The van der Waals surface area contributed by atoms with Crippen molar-refractivity contribution in [3.05, 3.63) is 33.9 Å². The second-order valence-corrected chi connectivity index (χ2v) is 4.86. The molecule has 0 aromatic heterocycles. The van der Waals surface area contributed by atoms with Crippen molar-refractivity contribution in [1.29, 1.82) is 0 Å². The van der Waals surface area contributed by atoms with E-state index in [2.05, 4.69) is 0 Å². The predicted octanol–water partition coefficient (Wildman–Crippen LogP) is 0.682. The second-order valence-electron chi connectivity index (χ2n) is 4.86. The van der Waals surface area contributed by atoms with Crippen LogP contribution in [0.4, 0.5) is 11.4 Å². The summed E-state index contributed by atoms with van der Waals surface area (Å²) in [6.45, 7) is 0.132. The van der Waals surface area contributed by atoms with Gasteiger partial charge >= 0.3 is 0 Å². The maximum atomic E-state index is 11.8. The Morgan fingerprint density at radius 2 is 1.95 bits per heavy atom. The van der Waals surface area contributed by atoms with Crippen molar-refractivity contribution in [2.24, 2.45) is 11.8 Å². The molecule has 1 saturated heterocycles. The highest BCUT2D eigenvalue weighted by atomic mass is 16.6. The third-order valence-corrected chi connectivity index (χ3v) is 3.59. The quantitative estimate of drug-likeness (QED) is 0.372. The second kappa shape index (κ2) is 3.78. The number of nitrogens with two attached hydrogens (primary N) is 1. The molecule has 2 unspecified atom stereocenters. The number of fused-ring (bicyclic) bond motifs is 1. The first-order valence-corrected chi connectivity index (χ1v) is 5.87. The molecule has 0 bridgehead atoms. The number of hydrogen-bond acceptors (Lipinski definition) is 5. The summed E-state index contributed by atoms with van der Waals surface area (Å²) >= 11 is 0. The summed E-state index contributed by atoms with van der Waals surface area (Å²) in [5.74, 6) is -0.565. The average molecular weight is 261 g/mol. The number of nitrogen functional groups attached to an aromatic ring is 1. The molecule has 2 N–H and O–H groups in total. The van der Waals surface area contributed by atoms with Crippen molar-refractivity contribution < 1.29 is 14.5 Å². The highest BCUT2D eigenvalue weighted by Gasteiger charge is 2.58. The Hall–Kier alpha value is -2.44. The molecule has 1 aliphatic carbocycles. The third kappa shape index (κ3) is 1.74. The van der Waals surface area contributed by atoms with Gasteiger partial charge in [0.1, 0.15) is 5.69 Å². The van der Waals surface area contributed by atoms with E-state index < -0.39 is 4.92 Å². The molecule has 1 aliphatic heterocycles. The number of anilines is 1. The van der Waals surface area contributed by atoms with Gasteiger partial charge in [0.2, 0.25) is 11.8 Å². The van der Waals surface area contributed by atoms with Crippen molar-refractivity contribution in [2.75, 3.05) is 5.73 Å². The number of benzene rings is 1. The van der Waals surface area contributed by atoms with Gasteiger partial charge in [0.25, 0.3) is 5.69 Å². The summed E-state index contributed by atoms with van der Waals surface area (Å²) in [5.41, 5.74) is 6.05. The van der Waals surface area contributed by atoms with Gasteiger partial charge in [-0.2, -0.15) is 0 Å². The molecule has 3 rings (SSSR count). The molecule has 19 heavy (non-hydrogen) atoms. The molecule has 98 valence electrons. The van der Waals surface area contributed by atoms with Crippen LogP contribution in [0.25, 0.3) is 0 Å². The Morgan fingerprint density at radius 1 is 1.32 bits per heavy atom. The zero-order valence-electron chi connectivity index (χ0n) is 9.91. The van der Waals surface area contributed by atoms with Crippen LogP contribution in [0.3, 0.4) is 0 Å². The SMILES string of the molecule is Nc1cc(CN2C(=O)C3CC3C2=O)ccc1[N+](=O)[O-]. The Kier molecular flexibility index (Phi) is 2.31. The lowest BCUT2D eigenvalue weighted by Crippen LogP contribution is -2.32. The first-order valence-electron chi connectivity index (χ1n) is 5.87. The number of nitrogens with zero attached hydrogens (tertiary/aromatic N) is 2. The normalized spacial score (nSPS) is 24.5. The van der Waals surface area contributed by atoms with E-state index in [0.717, 1.165) is 0 Å². The highest BCUT2D eigenvalue weighted by Crippen LogP contribution is 2.47. The van der Waals surface area contributed by atoms with Gasteiger partial charge in [0.05, 0.1) is 23.3 Å². The van der Waals surface area contributed by atoms with E-state index in [1.54, 1.807) is 0 Å². The number of nitro benzene ring substituents is 1. The number of carbonyl (C=O) groups is 2. The van der Waals surface area contributed by atoms with Gasteiger partial charge in [0.15, 0.2) is 0 Å². The van der Waals surface area contributed by atoms with E-state index in [4.69, 9.17) is 5.73 Å². The minimum atomic E-state index is -0.569. The summed E-state index contributed by atoms with van der Waals surface area (Å²) in [4.78, 5) is 34.9. The molecule has 0 radical (unpaired) electrons. The fourth-order valence-corrected chi connectivity index (χ4v) is 2.46. The van der Waals surface area contributed by atoms with Crippen LogP contribution in [0.2, 0.25) is 0 Å². The number of carbonyl (C=O) groups excluding carboxylic acids is 2. The van der Waals surface area contributed by atoms with Crippen molar-refractivity contribution in [2.45, 2.75) is 13.0 Å². The van der Waals surface area contributed by atoms with Crippen LogP contribution < -0.4 is 5.73 Å². The average Bonchev–Trinajstić information content (AvgIpc) is 3.09. The smallest absolute Gasteiger partial charge is 0.292 e. The van der Waals surface area contributed by atoms with E-state index >= 15 is 0 Å². The fourth-order valence-electron chi connectivity index (χ4n) is 2.46. The minimum absolute atomic E-state index is 0.0340. The van der Waals surface area contributed by atoms with Gasteiger partial charge < -0.3 is 5.73 Å². The van der Waals surface area contributed by atoms with E-state index in [1.165, 1.54) is 23.1 Å². The summed E-state index contributed by atoms with van der Waals surface area (Å²) in [6.07, 6.45) is 0.663. The van der Waals surface area contributed by atoms with Crippen molar-refractivity contribution in [3.63, 3.8) is 0 Å². The topological polar surface area (TPSA) is 107 Å². The van der Waals surface area contributed by atoms with E-state index in [0.29, 0.717) is 12.0 Å². The van der Waals surface area contributed by atoms with E-state index in [-0.39, 0.29) is 41.6 Å². The molecule has 2 atom stereocenters. The molecule has 2 fully saturated rings. The van der Waals surface area contributed by atoms with Gasteiger partial charge in [-0.25, -0.2) is 0 Å². The molecular weight excluding hydrogens is 250 g/mol. The lowest BCUT2D eigenvalue weighted by Gasteiger charge is -2.16. The van der Waals surface area contributed by atoms with Gasteiger partial charge in [-0.3, -0.25) is 24.6 Å². The number of imide groups is 1. The summed E-state index contributed by atoms with van der Waals surface area (Å²) in [5, 5.41) is 10.6. The lowest BCUT2D eigenvalue weighted by atomic mass is 10.1. The van der Waals surface area contributed by atoms with Gasteiger partial charge in [0, 0.05) is 6.07 Å². The maximum absolute atomic E-state index is 11.8. The number of hydrogen-bond donors (Lipinski definition) is 1. The van der Waals surface area contributed by atoms with Crippen molar-refractivity contribution in [1.82, 2.24) is 4.90 Å². The number of likely N-dealkylation sites (tertiary alicyclic amines) is 1. The summed E-state index contributed by atoms with van der Waals surface area (Å²) in [7, 11) is 0. The molecule has 0 spiro atoms. The molecular formula is C12H11N3O4. The Morgan fingerprint density at radius 3 is 2.47 bits per heavy atom. The molecule has 2 aliphatic rings. The van der Waals surface area contributed by atoms with Gasteiger partial charge in [-0.1, -0.05) is 6.07 Å². The summed E-state index contributed by atoms with van der Waals surface area (Å²) < 4.78 is 0. The molecule has 1 aromatic carbocycles. The number of piperidine rings is 1. The standard InChI is InChI=1S/C12H11N3O4/c13-9-3-6(1-2-10(9)15(18)19)5-14-11(16)7-4-8(7)12(14)17/h1-3,7-8H,4-5,13H2. The van der Waals surface area contributed by atoms with Crippen LogP contribution in [0.15, 0.2) is 18.2 Å². The first-order chi connectivity index (χ1) is 8.99. The van der Waals surface area contributed by atoms with E-state index in [9.17, 15) is 19.7 Å². The van der Waals surface area contributed by atoms with Crippen molar-refractivity contribution >= 4 is 23.2 Å². The zero-order chi connectivity index (χ0) is 13.7. The number of nitro groups is 1. The largest absolute Gasteiger partial charge is 0.393 e. The van der Waals surface area contributed by atoms with Crippen LogP contribution in [0.5, 0.6) is 0 Å². The Bertz CT molecular complexity index is 593. The van der Waals surface area contributed by atoms with Crippen LogP contribution >= 0.6 is 0 Å². The Labute approximate surface area is 108 Å². The van der Waals surface area contributed by atoms with E-state index in [1.807, 2.05) is 0 Å². The molecule has 1 heterocycles. The van der Waals surface area contributed by atoms with Crippen LogP contribution in [-0.2, 0) is 16.1 Å². The first kappa shape index (κ1) is 11.6. The number of amides is 2. The minimum Gasteiger partial charge on any atom is -0.393 e. The molecule has 7 nitrogen and oxygen atoms in total. The maximum Gasteiger partial charge on any atom is 0.292 e. The van der Waals surface area contributed by atoms with Crippen molar-refractivity contribution in [3.8, 4) is 0 Å². The number of rotatable bonds is 3. The Balaban J connectivity index is 1.81. The van der Waals surface area contributed by atoms with Gasteiger partial charge in [-0.05, 0) is 18.1 Å². The van der Waals surface area contributed by atoms with Crippen LogP contribution in [0.1, 0.15) is 12.0 Å². The zero-order valence-corrected chi connectivity index (χ0v) is 9.91. The molecule has 2 amide bonds. The molecule has 1 aromatic rings. The van der Waals surface area contributed by atoms with Crippen LogP contribution in [0, 0.1) is 22.0 Å².